The third kappa shape index (κ3) is 3.10. The number of hydrogen-bond acceptors (Lipinski definition) is 3. The van der Waals surface area contributed by atoms with Crippen LogP contribution >= 0.6 is 31.9 Å². The highest BCUT2D eigenvalue weighted by Crippen LogP contribution is 2.33. The van der Waals surface area contributed by atoms with Crippen molar-refractivity contribution in [1.29, 1.82) is 0 Å². The lowest BCUT2D eigenvalue weighted by atomic mass is 10.3. The molecule has 2 N–H and O–H groups in total. The van der Waals surface area contributed by atoms with Crippen LogP contribution in [0.4, 0.5) is 5.69 Å². The summed E-state index contributed by atoms with van der Waals surface area (Å²) in [7, 11) is -3.76. The first-order valence-corrected chi connectivity index (χ1v) is 8.23. The van der Waals surface area contributed by atoms with Crippen molar-refractivity contribution in [3.8, 4) is 5.75 Å². The number of rotatable bonds is 3. The molecule has 0 unspecified atom stereocenters. The van der Waals surface area contributed by atoms with E-state index in [1.165, 1.54) is 12.1 Å². The first-order chi connectivity index (χ1) is 8.92. The van der Waals surface area contributed by atoms with Gasteiger partial charge in [-0.2, -0.15) is 0 Å². The van der Waals surface area contributed by atoms with Crippen molar-refractivity contribution in [3.63, 3.8) is 0 Å². The molecule has 2 rings (SSSR count). The molecular weight excluding hydrogens is 398 g/mol. The van der Waals surface area contributed by atoms with Gasteiger partial charge in [0.05, 0.1) is 10.2 Å². The second-order valence-corrected chi connectivity index (χ2v) is 7.03. The molecule has 4 nitrogen and oxygen atoms in total. The number of phenols is 1. The number of hydrogen-bond donors (Lipinski definition) is 2. The molecule has 0 fully saturated rings. The third-order valence-corrected chi connectivity index (χ3v) is 5.37. The number of benzene rings is 2. The summed E-state index contributed by atoms with van der Waals surface area (Å²) in [4.78, 5) is 0.106. The van der Waals surface area contributed by atoms with Crippen LogP contribution in [0.1, 0.15) is 0 Å². The lowest BCUT2D eigenvalue weighted by molar-refractivity contribution is 0.474. The Kier molecular flexibility index (Phi) is 4.17. The Bertz CT molecular complexity index is 717. The maximum atomic E-state index is 12.2. The molecule has 0 aliphatic heterocycles. The van der Waals surface area contributed by atoms with Gasteiger partial charge in [0.1, 0.15) is 4.90 Å². The van der Waals surface area contributed by atoms with Crippen LogP contribution in [0.25, 0.3) is 0 Å². The molecule has 0 saturated heterocycles. The Morgan fingerprint density at radius 3 is 2.26 bits per heavy atom. The van der Waals surface area contributed by atoms with Crippen molar-refractivity contribution >= 4 is 47.6 Å². The van der Waals surface area contributed by atoms with Gasteiger partial charge in [-0.15, -0.1) is 0 Å². The SMILES string of the molecule is O=S(=O)(Nc1cccc(Br)c1O)c1ccccc1Br. The second-order valence-electron chi connectivity index (χ2n) is 3.67. The van der Waals surface area contributed by atoms with Crippen LogP contribution in [0.5, 0.6) is 5.75 Å². The van der Waals surface area contributed by atoms with E-state index in [0.717, 1.165) is 0 Å². The zero-order chi connectivity index (χ0) is 14.0. The van der Waals surface area contributed by atoms with E-state index in [9.17, 15) is 13.5 Å². The van der Waals surface area contributed by atoms with Crippen molar-refractivity contribution in [2.24, 2.45) is 0 Å². The van der Waals surface area contributed by atoms with Crippen molar-refractivity contribution in [1.82, 2.24) is 0 Å². The number of nitrogens with one attached hydrogen (secondary N) is 1. The summed E-state index contributed by atoms with van der Waals surface area (Å²) in [6, 6.07) is 11.2. The van der Waals surface area contributed by atoms with E-state index in [0.29, 0.717) is 8.95 Å². The molecule has 2 aromatic rings. The minimum atomic E-state index is -3.76. The average Bonchev–Trinajstić information content (AvgIpc) is 2.35. The molecule has 0 spiro atoms. The molecule has 0 bridgehead atoms. The van der Waals surface area contributed by atoms with Gasteiger partial charge >= 0.3 is 0 Å². The summed E-state index contributed by atoms with van der Waals surface area (Å²) < 4.78 is 27.7. The van der Waals surface area contributed by atoms with Crippen LogP contribution in [-0.2, 0) is 10.0 Å². The van der Waals surface area contributed by atoms with Gasteiger partial charge in [-0.3, -0.25) is 4.72 Å². The maximum absolute atomic E-state index is 12.2. The van der Waals surface area contributed by atoms with Crippen LogP contribution in [-0.4, -0.2) is 13.5 Å². The van der Waals surface area contributed by atoms with Crippen molar-refractivity contribution < 1.29 is 13.5 Å². The summed E-state index contributed by atoms with van der Waals surface area (Å²) in [6.07, 6.45) is 0. The summed E-state index contributed by atoms with van der Waals surface area (Å²) >= 11 is 6.32. The minimum absolute atomic E-state index is 0.106. The molecule has 0 aliphatic rings. The van der Waals surface area contributed by atoms with Gasteiger partial charge in [-0.05, 0) is 56.1 Å². The minimum Gasteiger partial charge on any atom is -0.505 e. The standard InChI is InChI=1S/C12H9Br2NO3S/c13-8-4-1-2-7-11(8)19(17,18)15-10-6-3-5-9(14)12(10)16/h1-7,15-16H. The lowest BCUT2D eigenvalue weighted by Crippen LogP contribution is -2.13. The second kappa shape index (κ2) is 5.52. The smallest absolute Gasteiger partial charge is 0.263 e. The first-order valence-electron chi connectivity index (χ1n) is 5.16. The van der Waals surface area contributed by atoms with E-state index in [1.54, 1.807) is 30.3 Å². The molecule has 0 saturated carbocycles. The predicted molar refractivity (Wildman–Crippen MR) is 80.8 cm³/mol. The first kappa shape index (κ1) is 14.4. The zero-order valence-corrected chi connectivity index (χ0v) is 13.5. The normalized spacial score (nSPS) is 11.3. The summed E-state index contributed by atoms with van der Waals surface area (Å²) in [5, 5.41) is 9.79. The van der Waals surface area contributed by atoms with Gasteiger partial charge in [0.2, 0.25) is 0 Å². The quantitative estimate of drug-likeness (QED) is 0.763. The molecule has 19 heavy (non-hydrogen) atoms. The number of anilines is 1. The van der Waals surface area contributed by atoms with E-state index in [2.05, 4.69) is 36.6 Å². The highest BCUT2D eigenvalue weighted by Gasteiger charge is 2.19. The van der Waals surface area contributed by atoms with E-state index >= 15 is 0 Å². The number of para-hydroxylation sites is 1. The third-order valence-electron chi connectivity index (χ3n) is 2.36. The summed E-state index contributed by atoms with van der Waals surface area (Å²) in [5.74, 6) is -0.155. The van der Waals surface area contributed by atoms with Gasteiger partial charge in [0, 0.05) is 4.47 Å². The molecular formula is C12H9Br2NO3S. The maximum Gasteiger partial charge on any atom is 0.263 e. The van der Waals surface area contributed by atoms with Crippen LogP contribution in [0.15, 0.2) is 56.3 Å². The fourth-order valence-electron chi connectivity index (χ4n) is 1.46. The Labute approximate surface area is 127 Å². The molecule has 0 amide bonds. The molecule has 0 aromatic heterocycles. The predicted octanol–water partition coefficient (Wildman–Crippen LogP) is 3.72. The summed E-state index contributed by atoms with van der Waals surface area (Å²) in [5.41, 5.74) is 0.116. The van der Waals surface area contributed by atoms with E-state index in [-0.39, 0.29) is 16.3 Å². The Hall–Kier alpha value is -1.05. The topological polar surface area (TPSA) is 66.4 Å². The monoisotopic (exact) mass is 405 g/mol. The summed E-state index contributed by atoms with van der Waals surface area (Å²) in [6.45, 7) is 0. The molecule has 7 heteroatoms. The molecule has 2 aromatic carbocycles. The average molecular weight is 407 g/mol. The zero-order valence-electron chi connectivity index (χ0n) is 9.47. The van der Waals surface area contributed by atoms with Crippen LogP contribution in [0, 0.1) is 0 Å². The largest absolute Gasteiger partial charge is 0.505 e. The Morgan fingerprint density at radius 2 is 1.58 bits per heavy atom. The molecule has 0 radical (unpaired) electrons. The van der Waals surface area contributed by atoms with Crippen LogP contribution in [0.3, 0.4) is 0 Å². The lowest BCUT2D eigenvalue weighted by Gasteiger charge is -2.11. The fraction of sp³-hybridized carbons (Fsp3) is 0. The molecule has 0 atom stereocenters. The number of aromatic hydroxyl groups is 1. The van der Waals surface area contributed by atoms with Crippen molar-refractivity contribution in [2.75, 3.05) is 4.72 Å². The van der Waals surface area contributed by atoms with E-state index in [4.69, 9.17) is 0 Å². The molecule has 0 heterocycles. The Morgan fingerprint density at radius 1 is 0.947 bits per heavy atom. The number of sulfonamides is 1. The van der Waals surface area contributed by atoms with Crippen LogP contribution < -0.4 is 4.72 Å². The van der Waals surface area contributed by atoms with Gasteiger partial charge in [0.25, 0.3) is 10.0 Å². The fourth-order valence-corrected chi connectivity index (χ4v) is 3.90. The van der Waals surface area contributed by atoms with Gasteiger partial charge < -0.3 is 5.11 Å². The molecule has 100 valence electrons. The van der Waals surface area contributed by atoms with Crippen LogP contribution in [0.2, 0.25) is 0 Å². The number of halogens is 2. The Balaban J connectivity index is 2.43. The highest BCUT2D eigenvalue weighted by molar-refractivity contribution is 9.10. The van der Waals surface area contributed by atoms with Gasteiger partial charge in [0.15, 0.2) is 5.75 Å². The van der Waals surface area contributed by atoms with E-state index < -0.39 is 10.0 Å². The van der Waals surface area contributed by atoms with E-state index in [1.807, 2.05) is 0 Å². The highest BCUT2D eigenvalue weighted by atomic mass is 79.9. The van der Waals surface area contributed by atoms with Gasteiger partial charge in [-0.1, -0.05) is 18.2 Å². The number of phenolic OH excluding ortho intramolecular Hbond substituents is 1. The molecule has 0 aliphatic carbocycles. The van der Waals surface area contributed by atoms with Crippen molar-refractivity contribution in [3.05, 3.63) is 51.4 Å². The van der Waals surface area contributed by atoms with Gasteiger partial charge in [-0.25, -0.2) is 8.42 Å². The van der Waals surface area contributed by atoms with Crippen molar-refractivity contribution in [2.45, 2.75) is 4.90 Å².